The SMILES string of the molecule is CC(C(=O)O)c1cccc(NC(=O)C2CC2c2ccccc2OC(F)(F)F)c1. The molecule has 2 aromatic carbocycles. The van der Waals surface area contributed by atoms with Crippen LogP contribution in [-0.2, 0) is 9.59 Å². The van der Waals surface area contributed by atoms with Crippen molar-refractivity contribution < 1.29 is 32.6 Å². The second-order valence-corrected chi connectivity index (χ2v) is 6.71. The van der Waals surface area contributed by atoms with Gasteiger partial charge in [0.1, 0.15) is 5.75 Å². The summed E-state index contributed by atoms with van der Waals surface area (Å²) in [4.78, 5) is 23.6. The van der Waals surface area contributed by atoms with E-state index in [4.69, 9.17) is 5.11 Å². The molecule has 0 radical (unpaired) electrons. The fourth-order valence-corrected chi connectivity index (χ4v) is 3.10. The number of anilines is 1. The van der Waals surface area contributed by atoms with Crippen molar-refractivity contribution in [1.82, 2.24) is 0 Å². The highest BCUT2D eigenvalue weighted by molar-refractivity contribution is 5.95. The summed E-state index contributed by atoms with van der Waals surface area (Å²) in [5.41, 5.74) is 1.33. The molecule has 1 amide bonds. The van der Waals surface area contributed by atoms with Crippen LogP contribution in [-0.4, -0.2) is 23.3 Å². The number of benzene rings is 2. The minimum Gasteiger partial charge on any atom is -0.481 e. The molecule has 8 heteroatoms. The molecule has 0 saturated heterocycles. The molecule has 1 aliphatic rings. The predicted molar refractivity (Wildman–Crippen MR) is 95.1 cm³/mol. The Labute approximate surface area is 159 Å². The maximum absolute atomic E-state index is 12.6. The van der Waals surface area contributed by atoms with Crippen molar-refractivity contribution in [3.63, 3.8) is 0 Å². The minimum atomic E-state index is -4.80. The molecule has 0 aromatic heterocycles. The molecule has 2 N–H and O–H groups in total. The number of halogens is 3. The molecule has 28 heavy (non-hydrogen) atoms. The van der Waals surface area contributed by atoms with E-state index in [0.29, 0.717) is 23.2 Å². The van der Waals surface area contributed by atoms with Crippen LogP contribution in [0.5, 0.6) is 5.75 Å². The van der Waals surface area contributed by atoms with Crippen LogP contribution in [0.25, 0.3) is 0 Å². The van der Waals surface area contributed by atoms with Crippen LogP contribution in [0.3, 0.4) is 0 Å². The highest BCUT2D eigenvalue weighted by atomic mass is 19.4. The Hall–Kier alpha value is -3.03. The van der Waals surface area contributed by atoms with Crippen LogP contribution in [0.15, 0.2) is 48.5 Å². The van der Waals surface area contributed by atoms with Crippen molar-refractivity contribution in [2.45, 2.75) is 31.5 Å². The number of ether oxygens (including phenoxy) is 1. The molecular weight excluding hydrogens is 375 g/mol. The lowest BCUT2D eigenvalue weighted by molar-refractivity contribution is -0.274. The van der Waals surface area contributed by atoms with E-state index in [1.54, 1.807) is 30.3 Å². The lowest BCUT2D eigenvalue weighted by Gasteiger charge is -2.13. The van der Waals surface area contributed by atoms with Gasteiger partial charge in [0.15, 0.2) is 0 Å². The largest absolute Gasteiger partial charge is 0.573 e. The molecule has 3 atom stereocenters. The first-order valence-corrected chi connectivity index (χ1v) is 8.64. The fraction of sp³-hybridized carbons (Fsp3) is 0.300. The zero-order valence-electron chi connectivity index (χ0n) is 14.9. The number of carboxylic acid groups (broad SMARTS) is 1. The Morgan fingerprint density at radius 3 is 2.57 bits per heavy atom. The third-order valence-corrected chi connectivity index (χ3v) is 4.70. The molecular formula is C20H18F3NO4. The van der Waals surface area contributed by atoms with Crippen molar-refractivity contribution in [2.24, 2.45) is 5.92 Å². The van der Waals surface area contributed by atoms with Crippen LogP contribution in [0.2, 0.25) is 0 Å². The van der Waals surface area contributed by atoms with Gasteiger partial charge in [-0.3, -0.25) is 9.59 Å². The number of aliphatic carboxylic acids is 1. The first-order valence-electron chi connectivity index (χ1n) is 8.64. The third-order valence-electron chi connectivity index (χ3n) is 4.70. The summed E-state index contributed by atoms with van der Waals surface area (Å²) in [6.07, 6.45) is -4.39. The lowest BCUT2D eigenvalue weighted by Crippen LogP contribution is -2.18. The van der Waals surface area contributed by atoms with Gasteiger partial charge < -0.3 is 15.2 Å². The van der Waals surface area contributed by atoms with Gasteiger partial charge in [-0.05, 0) is 48.6 Å². The van der Waals surface area contributed by atoms with Crippen molar-refractivity contribution in [3.05, 3.63) is 59.7 Å². The number of para-hydroxylation sites is 1. The number of nitrogens with one attached hydrogen (secondary N) is 1. The van der Waals surface area contributed by atoms with Crippen LogP contribution in [0, 0.1) is 5.92 Å². The standard InChI is InChI=1S/C20H18F3NO4/c1-11(19(26)27)12-5-4-6-13(9-12)24-18(25)16-10-15(16)14-7-2-3-8-17(14)28-20(21,22)23/h2-9,11,15-16H,10H2,1H3,(H,24,25)(H,26,27). The van der Waals surface area contributed by atoms with E-state index in [1.807, 2.05) is 0 Å². The maximum atomic E-state index is 12.6. The Morgan fingerprint density at radius 2 is 1.89 bits per heavy atom. The zero-order chi connectivity index (χ0) is 20.5. The van der Waals surface area contributed by atoms with E-state index in [-0.39, 0.29) is 17.6 Å². The summed E-state index contributed by atoms with van der Waals surface area (Å²) >= 11 is 0. The zero-order valence-corrected chi connectivity index (χ0v) is 14.9. The topological polar surface area (TPSA) is 75.6 Å². The Morgan fingerprint density at radius 1 is 1.18 bits per heavy atom. The summed E-state index contributed by atoms with van der Waals surface area (Å²) in [6, 6.07) is 12.3. The molecule has 1 fully saturated rings. The number of hydrogen-bond acceptors (Lipinski definition) is 3. The maximum Gasteiger partial charge on any atom is 0.573 e. The van der Waals surface area contributed by atoms with Gasteiger partial charge in [-0.25, -0.2) is 0 Å². The van der Waals surface area contributed by atoms with Gasteiger partial charge in [0.05, 0.1) is 5.92 Å². The molecule has 0 heterocycles. The molecule has 1 saturated carbocycles. The summed E-state index contributed by atoms with van der Waals surface area (Å²) in [5, 5.41) is 11.8. The summed E-state index contributed by atoms with van der Waals surface area (Å²) in [6.45, 7) is 1.54. The van der Waals surface area contributed by atoms with Crippen LogP contribution in [0.1, 0.15) is 36.3 Å². The number of hydrogen-bond donors (Lipinski definition) is 2. The van der Waals surface area contributed by atoms with Crippen molar-refractivity contribution >= 4 is 17.6 Å². The quantitative estimate of drug-likeness (QED) is 0.757. The average molecular weight is 393 g/mol. The fourth-order valence-electron chi connectivity index (χ4n) is 3.10. The monoisotopic (exact) mass is 393 g/mol. The Balaban J connectivity index is 1.69. The number of carbonyl (C=O) groups is 2. The minimum absolute atomic E-state index is 0.299. The highest BCUT2D eigenvalue weighted by Crippen LogP contribution is 2.51. The van der Waals surface area contributed by atoms with E-state index in [9.17, 15) is 22.8 Å². The van der Waals surface area contributed by atoms with Crippen LogP contribution >= 0.6 is 0 Å². The Kier molecular flexibility index (Phi) is 5.31. The van der Waals surface area contributed by atoms with E-state index in [1.165, 1.54) is 25.1 Å². The second kappa shape index (κ2) is 7.53. The Bertz CT molecular complexity index is 897. The normalized spacial score (nSPS) is 19.6. The van der Waals surface area contributed by atoms with Gasteiger partial charge in [0, 0.05) is 11.6 Å². The molecule has 1 aliphatic carbocycles. The molecule has 0 aliphatic heterocycles. The van der Waals surface area contributed by atoms with E-state index >= 15 is 0 Å². The number of rotatable bonds is 6. The lowest BCUT2D eigenvalue weighted by atomic mass is 10.0. The highest BCUT2D eigenvalue weighted by Gasteiger charge is 2.46. The van der Waals surface area contributed by atoms with Crippen molar-refractivity contribution in [1.29, 1.82) is 0 Å². The molecule has 5 nitrogen and oxygen atoms in total. The molecule has 0 bridgehead atoms. The number of alkyl halides is 3. The van der Waals surface area contributed by atoms with Crippen molar-refractivity contribution in [3.8, 4) is 5.75 Å². The average Bonchev–Trinajstić information content (AvgIpc) is 3.41. The molecule has 3 rings (SSSR count). The second-order valence-electron chi connectivity index (χ2n) is 6.71. The van der Waals surface area contributed by atoms with Crippen molar-refractivity contribution in [2.75, 3.05) is 5.32 Å². The van der Waals surface area contributed by atoms with Gasteiger partial charge in [0.2, 0.25) is 5.91 Å². The molecule has 3 unspecified atom stereocenters. The smallest absolute Gasteiger partial charge is 0.481 e. The van der Waals surface area contributed by atoms with Gasteiger partial charge in [-0.2, -0.15) is 0 Å². The number of carbonyl (C=O) groups excluding carboxylic acids is 1. The summed E-state index contributed by atoms with van der Waals surface area (Å²) in [5.74, 6) is -3.17. The van der Waals surface area contributed by atoms with Gasteiger partial charge in [-0.1, -0.05) is 30.3 Å². The van der Waals surface area contributed by atoms with Gasteiger partial charge in [-0.15, -0.1) is 13.2 Å². The first-order chi connectivity index (χ1) is 13.2. The van der Waals surface area contributed by atoms with Crippen LogP contribution < -0.4 is 10.1 Å². The number of carboxylic acids is 1. The molecule has 0 spiro atoms. The van der Waals surface area contributed by atoms with E-state index in [2.05, 4.69) is 10.1 Å². The van der Waals surface area contributed by atoms with Gasteiger partial charge in [0.25, 0.3) is 0 Å². The summed E-state index contributed by atoms with van der Waals surface area (Å²) < 4.78 is 41.8. The molecule has 148 valence electrons. The third kappa shape index (κ3) is 4.62. The summed E-state index contributed by atoms with van der Waals surface area (Å²) in [7, 11) is 0. The van der Waals surface area contributed by atoms with Crippen LogP contribution in [0.4, 0.5) is 18.9 Å². The van der Waals surface area contributed by atoms with E-state index in [0.717, 1.165) is 0 Å². The predicted octanol–water partition coefficient (Wildman–Crippen LogP) is 4.52. The number of amides is 1. The van der Waals surface area contributed by atoms with E-state index < -0.39 is 24.2 Å². The first kappa shape index (κ1) is 19.7. The molecule has 2 aromatic rings. The van der Waals surface area contributed by atoms with Gasteiger partial charge >= 0.3 is 12.3 Å².